The average Bonchev–Trinajstić information content (AvgIpc) is 2.86. The molecule has 0 spiro atoms. The monoisotopic (exact) mass is 276 g/mol. The number of nitrogens with one attached hydrogen (secondary N) is 1. The first kappa shape index (κ1) is 11.6. The van der Waals surface area contributed by atoms with E-state index in [0.29, 0.717) is 11.3 Å². The number of aromatic amines is 1. The van der Waals surface area contributed by atoms with Crippen LogP contribution in [-0.2, 0) is 6.54 Å². The van der Waals surface area contributed by atoms with Gasteiger partial charge in [-0.15, -0.1) is 11.3 Å². The minimum atomic E-state index is 0.674. The smallest absolute Gasteiger partial charge is 0.179 e. The molecule has 0 unspecified atom stereocenters. The standard InChI is InChI=1S/C12H12N4S2/c1-7-3-4-9-11(14-7)16(12(17)15-9)5-10-13-8(2)6-18-10/h3-4,6H,5H2,1-2H3,(H,15,17). The fourth-order valence-electron chi connectivity index (χ4n) is 1.88. The number of H-pyrrole nitrogens is 1. The predicted octanol–water partition coefficient (Wildman–Crippen LogP) is 3.22. The topological polar surface area (TPSA) is 46.5 Å². The maximum absolute atomic E-state index is 5.35. The van der Waals surface area contributed by atoms with E-state index >= 15 is 0 Å². The zero-order chi connectivity index (χ0) is 12.7. The molecule has 6 heteroatoms. The summed E-state index contributed by atoms with van der Waals surface area (Å²) in [6, 6.07) is 3.99. The molecule has 0 saturated heterocycles. The fraction of sp³-hybridized carbons (Fsp3) is 0.250. The number of rotatable bonds is 2. The number of fused-ring (bicyclic) bond motifs is 1. The van der Waals surface area contributed by atoms with Gasteiger partial charge >= 0.3 is 0 Å². The highest BCUT2D eigenvalue weighted by Crippen LogP contribution is 2.16. The summed E-state index contributed by atoms with van der Waals surface area (Å²) in [6.45, 7) is 4.65. The average molecular weight is 276 g/mol. The van der Waals surface area contributed by atoms with Crippen LogP contribution in [0.5, 0.6) is 0 Å². The molecule has 0 saturated carbocycles. The SMILES string of the molecule is Cc1csc(Cn2c(=S)[nH]c3ccc(C)nc32)n1. The maximum Gasteiger partial charge on any atom is 0.179 e. The van der Waals surface area contributed by atoms with Crippen LogP contribution in [0.25, 0.3) is 11.2 Å². The zero-order valence-corrected chi connectivity index (χ0v) is 11.7. The van der Waals surface area contributed by atoms with Crippen molar-refractivity contribution in [2.75, 3.05) is 0 Å². The molecule has 3 aromatic rings. The van der Waals surface area contributed by atoms with E-state index in [1.807, 2.05) is 35.9 Å². The third-order valence-electron chi connectivity index (χ3n) is 2.72. The van der Waals surface area contributed by atoms with E-state index in [0.717, 1.165) is 27.6 Å². The van der Waals surface area contributed by atoms with Crippen molar-refractivity contribution in [3.8, 4) is 0 Å². The van der Waals surface area contributed by atoms with Crippen LogP contribution in [0.1, 0.15) is 16.4 Å². The van der Waals surface area contributed by atoms with Gasteiger partial charge in [0.1, 0.15) is 5.01 Å². The van der Waals surface area contributed by atoms with E-state index in [4.69, 9.17) is 12.2 Å². The minimum absolute atomic E-state index is 0.674. The van der Waals surface area contributed by atoms with Gasteiger partial charge in [-0.25, -0.2) is 9.97 Å². The van der Waals surface area contributed by atoms with Crippen LogP contribution in [0, 0.1) is 18.6 Å². The molecule has 0 aliphatic rings. The lowest BCUT2D eigenvalue weighted by Gasteiger charge is -2.01. The van der Waals surface area contributed by atoms with Crippen LogP contribution >= 0.6 is 23.6 Å². The number of imidazole rings is 1. The van der Waals surface area contributed by atoms with Crippen molar-refractivity contribution in [1.82, 2.24) is 19.5 Å². The van der Waals surface area contributed by atoms with E-state index in [1.54, 1.807) is 11.3 Å². The van der Waals surface area contributed by atoms with Crippen LogP contribution in [-0.4, -0.2) is 19.5 Å². The van der Waals surface area contributed by atoms with E-state index in [9.17, 15) is 0 Å². The van der Waals surface area contributed by atoms with Gasteiger partial charge < -0.3 is 4.98 Å². The molecule has 0 amide bonds. The lowest BCUT2D eigenvalue weighted by Crippen LogP contribution is -2.01. The predicted molar refractivity (Wildman–Crippen MR) is 75.6 cm³/mol. The molecule has 0 bridgehead atoms. The lowest BCUT2D eigenvalue weighted by molar-refractivity contribution is 0.790. The van der Waals surface area contributed by atoms with Crippen molar-refractivity contribution < 1.29 is 0 Å². The Bertz CT molecular complexity index is 766. The number of hydrogen-bond donors (Lipinski definition) is 1. The Morgan fingerprint density at radius 3 is 2.83 bits per heavy atom. The normalized spacial score (nSPS) is 11.2. The van der Waals surface area contributed by atoms with Gasteiger partial charge in [-0.05, 0) is 38.2 Å². The highest BCUT2D eigenvalue weighted by atomic mass is 32.1. The van der Waals surface area contributed by atoms with Gasteiger partial charge in [0, 0.05) is 16.8 Å². The van der Waals surface area contributed by atoms with Crippen LogP contribution in [0.15, 0.2) is 17.5 Å². The van der Waals surface area contributed by atoms with Gasteiger partial charge in [0.25, 0.3) is 0 Å². The first-order valence-corrected chi connectivity index (χ1v) is 6.89. The maximum atomic E-state index is 5.35. The van der Waals surface area contributed by atoms with Gasteiger partial charge in [-0.3, -0.25) is 4.57 Å². The van der Waals surface area contributed by atoms with Crippen LogP contribution in [0.2, 0.25) is 0 Å². The number of aryl methyl sites for hydroxylation is 2. The van der Waals surface area contributed by atoms with Crippen LogP contribution in [0.4, 0.5) is 0 Å². The number of aromatic nitrogens is 4. The third-order valence-corrected chi connectivity index (χ3v) is 3.99. The van der Waals surface area contributed by atoms with E-state index in [2.05, 4.69) is 15.0 Å². The largest absolute Gasteiger partial charge is 0.329 e. The number of nitrogens with zero attached hydrogens (tertiary/aromatic N) is 3. The molecular formula is C12H12N4S2. The molecule has 1 N–H and O–H groups in total. The Morgan fingerprint density at radius 1 is 1.28 bits per heavy atom. The molecule has 0 aromatic carbocycles. The number of hydrogen-bond acceptors (Lipinski definition) is 4. The molecule has 3 heterocycles. The molecule has 18 heavy (non-hydrogen) atoms. The molecule has 0 aliphatic carbocycles. The third kappa shape index (κ3) is 1.97. The second-order valence-corrected chi connectivity index (χ2v) is 5.55. The van der Waals surface area contributed by atoms with E-state index < -0.39 is 0 Å². The van der Waals surface area contributed by atoms with Crippen molar-refractivity contribution >= 4 is 34.7 Å². The number of thiazole rings is 1. The molecule has 0 atom stereocenters. The zero-order valence-electron chi connectivity index (χ0n) is 10.1. The first-order valence-electron chi connectivity index (χ1n) is 5.60. The van der Waals surface area contributed by atoms with Gasteiger partial charge in [-0.2, -0.15) is 0 Å². The summed E-state index contributed by atoms with van der Waals surface area (Å²) in [5.41, 5.74) is 3.90. The Morgan fingerprint density at radius 2 is 2.11 bits per heavy atom. The first-order chi connectivity index (χ1) is 8.63. The molecule has 0 radical (unpaired) electrons. The lowest BCUT2D eigenvalue weighted by atomic mass is 10.3. The fourth-order valence-corrected chi connectivity index (χ4v) is 2.90. The molecule has 92 valence electrons. The summed E-state index contributed by atoms with van der Waals surface area (Å²) < 4.78 is 2.69. The van der Waals surface area contributed by atoms with Crippen molar-refractivity contribution in [3.63, 3.8) is 0 Å². The van der Waals surface area contributed by atoms with Crippen molar-refractivity contribution in [1.29, 1.82) is 0 Å². The van der Waals surface area contributed by atoms with Gasteiger partial charge in [0.2, 0.25) is 0 Å². The summed E-state index contributed by atoms with van der Waals surface area (Å²) in [7, 11) is 0. The Hall–Kier alpha value is -1.53. The highest BCUT2D eigenvalue weighted by Gasteiger charge is 2.08. The van der Waals surface area contributed by atoms with E-state index in [1.165, 1.54) is 0 Å². The Kier molecular flexibility index (Phi) is 2.76. The van der Waals surface area contributed by atoms with E-state index in [-0.39, 0.29) is 0 Å². The summed E-state index contributed by atoms with van der Waals surface area (Å²) in [4.78, 5) is 12.2. The van der Waals surface area contributed by atoms with Crippen LogP contribution < -0.4 is 0 Å². The van der Waals surface area contributed by atoms with Gasteiger partial charge in [-0.1, -0.05) is 0 Å². The molecule has 3 aromatic heterocycles. The Labute approximate surface area is 113 Å². The summed E-state index contributed by atoms with van der Waals surface area (Å²) in [5, 5.41) is 3.10. The van der Waals surface area contributed by atoms with Gasteiger partial charge in [0.15, 0.2) is 10.4 Å². The molecule has 0 aliphatic heterocycles. The quantitative estimate of drug-likeness (QED) is 0.731. The summed E-state index contributed by atoms with van der Waals surface area (Å²) in [6.07, 6.45) is 0. The number of pyridine rings is 1. The molecule has 0 fully saturated rings. The van der Waals surface area contributed by atoms with Gasteiger partial charge in [0.05, 0.1) is 12.1 Å². The van der Waals surface area contributed by atoms with Crippen molar-refractivity contribution in [3.05, 3.63) is 38.7 Å². The van der Waals surface area contributed by atoms with Crippen molar-refractivity contribution in [2.24, 2.45) is 0 Å². The second kappa shape index (κ2) is 4.29. The second-order valence-electron chi connectivity index (χ2n) is 4.22. The Balaban J connectivity index is 2.13. The van der Waals surface area contributed by atoms with Crippen LogP contribution in [0.3, 0.4) is 0 Å². The minimum Gasteiger partial charge on any atom is -0.329 e. The molecular weight excluding hydrogens is 264 g/mol. The molecule has 3 rings (SSSR count). The molecule has 4 nitrogen and oxygen atoms in total. The highest BCUT2D eigenvalue weighted by molar-refractivity contribution is 7.71. The summed E-state index contributed by atoms with van der Waals surface area (Å²) in [5.74, 6) is 0. The van der Waals surface area contributed by atoms with Crippen molar-refractivity contribution in [2.45, 2.75) is 20.4 Å². The summed E-state index contributed by atoms with van der Waals surface area (Å²) >= 11 is 7.00.